The van der Waals surface area contributed by atoms with Crippen molar-refractivity contribution < 1.29 is 18.1 Å². The third-order valence-electron chi connectivity index (χ3n) is 4.32. The van der Waals surface area contributed by atoms with Crippen LogP contribution in [0.1, 0.15) is 21.5 Å². The maximum absolute atomic E-state index is 12.9. The van der Waals surface area contributed by atoms with E-state index >= 15 is 0 Å². The molecule has 0 unspecified atom stereocenters. The van der Waals surface area contributed by atoms with Gasteiger partial charge in [-0.2, -0.15) is 0 Å². The Bertz CT molecular complexity index is 1240. The van der Waals surface area contributed by atoms with Gasteiger partial charge in [-0.1, -0.05) is 24.3 Å². The predicted molar refractivity (Wildman–Crippen MR) is 114 cm³/mol. The molecule has 3 aromatic rings. The summed E-state index contributed by atoms with van der Waals surface area (Å²) >= 11 is 0. The van der Waals surface area contributed by atoms with Crippen LogP contribution in [0.5, 0.6) is 0 Å². The summed E-state index contributed by atoms with van der Waals surface area (Å²) in [6.07, 6.45) is 0. The lowest BCUT2D eigenvalue weighted by molar-refractivity contribution is -0.384. The molecular formula is C21H19N3O5S. The monoisotopic (exact) mass is 425 g/mol. The number of nitrogens with zero attached hydrogens (tertiary/aromatic N) is 1. The number of carbonyl (C=O) groups is 1. The molecule has 8 nitrogen and oxygen atoms in total. The lowest BCUT2D eigenvalue weighted by atomic mass is 10.1. The average Bonchev–Trinajstić information content (AvgIpc) is 2.68. The zero-order valence-electron chi connectivity index (χ0n) is 16.2. The Morgan fingerprint density at radius 3 is 2.33 bits per heavy atom. The molecule has 0 aliphatic carbocycles. The van der Waals surface area contributed by atoms with E-state index in [9.17, 15) is 23.3 Å². The van der Waals surface area contributed by atoms with Crippen LogP contribution in [0.25, 0.3) is 0 Å². The minimum Gasteiger partial charge on any atom is -0.322 e. The Hall–Kier alpha value is -3.72. The molecule has 0 aliphatic heterocycles. The van der Waals surface area contributed by atoms with Crippen LogP contribution in [0, 0.1) is 24.0 Å². The number of rotatable bonds is 6. The van der Waals surface area contributed by atoms with Crippen LogP contribution < -0.4 is 10.0 Å². The number of carbonyl (C=O) groups excluding carboxylic acids is 1. The number of hydrogen-bond donors (Lipinski definition) is 2. The Labute approximate surface area is 173 Å². The van der Waals surface area contributed by atoms with E-state index in [2.05, 4.69) is 10.0 Å². The van der Waals surface area contributed by atoms with E-state index in [1.54, 1.807) is 25.1 Å². The molecule has 0 aliphatic rings. The number of benzene rings is 3. The van der Waals surface area contributed by atoms with Gasteiger partial charge in [0.05, 0.1) is 9.82 Å². The van der Waals surface area contributed by atoms with Crippen molar-refractivity contribution in [3.63, 3.8) is 0 Å². The van der Waals surface area contributed by atoms with Crippen LogP contribution in [0.2, 0.25) is 0 Å². The second-order valence-electron chi connectivity index (χ2n) is 6.72. The molecule has 0 fully saturated rings. The quantitative estimate of drug-likeness (QED) is 0.452. The summed E-state index contributed by atoms with van der Waals surface area (Å²) in [5.74, 6) is -0.581. The standard InChI is InChI=1S/C21H19N3O5S/c1-14-5-3-7-18(11-14)23-30(28,29)20-12-16(10-9-15(20)2)21(25)22-17-6-4-8-19(13-17)24(26)27/h3-13,23H,1-2H3,(H,22,25). The first-order valence-corrected chi connectivity index (χ1v) is 10.4. The molecule has 1 amide bonds. The molecular weight excluding hydrogens is 406 g/mol. The fraction of sp³-hybridized carbons (Fsp3) is 0.0952. The number of aryl methyl sites for hydroxylation is 2. The fourth-order valence-corrected chi connectivity index (χ4v) is 4.17. The van der Waals surface area contributed by atoms with E-state index in [0.717, 1.165) is 5.56 Å². The molecule has 0 saturated carbocycles. The Morgan fingerprint density at radius 1 is 0.933 bits per heavy atom. The van der Waals surface area contributed by atoms with Crippen LogP contribution >= 0.6 is 0 Å². The first kappa shape index (κ1) is 21.0. The fourth-order valence-electron chi connectivity index (χ4n) is 2.85. The Kier molecular flexibility index (Phi) is 5.84. The van der Waals surface area contributed by atoms with Gasteiger partial charge < -0.3 is 5.32 Å². The highest BCUT2D eigenvalue weighted by atomic mass is 32.2. The van der Waals surface area contributed by atoms with Crippen LogP contribution in [-0.4, -0.2) is 19.2 Å². The lowest BCUT2D eigenvalue weighted by Crippen LogP contribution is -2.17. The number of non-ortho nitro benzene ring substituents is 1. The van der Waals surface area contributed by atoms with Gasteiger partial charge in [0.15, 0.2) is 0 Å². The van der Waals surface area contributed by atoms with Gasteiger partial charge in [-0.3, -0.25) is 19.6 Å². The topological polar surface area (TPSA) is 118 Å². The Morgan fingerprint density at radius 2 is 1.63 bits per heavy atom. The van der Waals surface area contributed by atoms with Gasteiger partial charge >= 0.3 is 0 Å². The highest BCUT2D eigenvalue weighted by Gasteiger charge is 2.20. The van der Waals surface area contributed by atoms with E-state index < -0.39 is 20.9 Å². The molecule has 0 bridgehead atoms. The highest BCUT2D eigenvalue weighted by molar-refractivity contribution is 7.92. The third kappa shape index (κ3) is 4.81. The molecule has 3 aromatic carbocycles. The number of amides is 1. The minimum absolute atomic E-state index is 0.0318. The summed E-state index contributed by atoms with van der Waals surface area (Å²) in [4.78, 5) is 22.9. The van der Waals surface area contributed by atoms with Gasteiger partial charge in [-0.05, 0) is 55.3 Å². The molecule has 0 heterocycles. The molecule has 3 rings (SSSR count). The lowest BCUT2D eigenvalue weighted by Gasteiger charge is -2.12. The first-order chi connectivity index (χ1) is 14.2. The van der Waals surface area contributed by atoms with Crippen molar-refractivity contribution in [2.45, 2.75) is 18.7 Å². The molecule has 0 radical (unpaired) electrons. The van der Waals surface area contributed by atoms with Crippen LogP contribution in [-0.2, 0) is 10.0 Å². The molecule has 154 valence electrons. The van der Waals surface area contributed by atoms with Crippen molar-refractivity contribution in [3.05, 3.63) is 93.5 Å². The highest BCUT2D eigenvalue weighted by Crippen LogP contribution is 2.23. The van der Waals surface area contributed by atoms with Crippen molar-refractivity contribution in [2.75, 3.05) is 10.0 Å². The maximum Gasteiger partial charge on any atom is 0.271 e. The van der Waals surface area contributed by atoms with Gasteiger partial charge in [0, 0.05) is 29.1 Å². The summed E-state index contributed by atoms with van der Waals surface area (Å²) in [6.45, 7) is 3.48. The SMILES string of the molecule is Cc1cccc(NS(=O)(=O)c2cc(C(=O)Nc3cccc([N+](=O)[O-])c3)ccc2C)c1. The number of nitro benzene ring substituents is 1. The summed E-state index contributed by atoms with van der Waals surface area (Å²) < 4.78 is 28.3. The van der Waals surface area contributed by atoms with Gasteiger partial charge in [-0.15, -0.1) is 0 Å². The first-order valence-electron chi connectivity index (χ1n) is 8.92. The number of nitro groups is 1. The van der Waals surface area contributed by atoms with Crippen molar-refractivity contribution in [2.24, 2.45) is 0 Å². The average molecular weight is 425 g/mol. The smallest absolute Gasteiger partial charge is 0.271 e. The molecule has 0 aromatic heterocycles. The molecule has 0 spiro atoms. The molecule has 0 atom stereocenters. The number of nitrogens with one attached hydrogen (secondary N) is 2. The molecule has 2 N–H and O–H groups in total. The van der Waals surface area contributed by atoms with Gasteiger partial charge in [-0.25, -0.2) is 8.42 Å². The van der Waals surface area contributed by atoms with Crippen molar-refractivity contribution in [1.82, 2.24) is 0 Å². The summed E-state index contributed by atoms with van der Waals surface area (Å²) in [6, 6.07) is 16.7. The summed E-state index contributed by atoms with van der Waals surface area (Å²) in [7, 11) is -3.93. The number of sulfonamides is 1. The van der Waals surface area contributed by atoms with Crippen molar-refractivity contribution in [1.29, 1.82) is 0 Å². The second-order valence-corrected chi connectivity index (χ2v) is 8.37. The van der Waals surface area contributed by atoms with E-state index in [0.29, 0.717) is 11.3 Å². The van der Waals surface area contributed by atoms with E-state index in [1.165, 1.54) is 42.5 Å². The Balaban J connectivity index is 1.88. The zero-order valence-corrected chi connectivity index (χ0v) is 17.1. The van der Waals surface area contributed by atoms with Crippen molar-refractivity contribution in [3.8, 4) is 0 Å². The molecule has 9 heteroatoms. The largest absolute Gasteiger partial charge is 0.322 e. The summed E-state index contributed by atoms with van der Waals surface area (Å²) in [5.41, 5.74) is 1.97. The predicted octanol–water partition coefficient (Wildman–Crippen LogP) is 4.26. The van der Waals surface area contributed by atoms with Crippen molar-refractivity contribution >= 4 is 33.0 Å². The summed E-state index contributed by atoms with van der Waals surface area (Å²) in [5, 5.41) is 13.4. The van der Waals surface area contributed by atoms with E-state index in [4.69, 9.17) is 0 Å². The van der Waals surface area contributed by atoms with Gasteiger partial charge in [0.2, 0.25) is 0 Å². The normalized spacial score (nSPS) is 11.0. The second kappa shape index (κ2) is 8.34. The number of hydrogen-bond acceptors (Lipinski definition) is 5. The zero-order chi connectivity index (χ0) is 21.9. The van der Waals surface area contributed by atoms with Crippen LogP contribution in [0.4, 0.5) is 17.1 Å². The van der Waals surface area contributed by atoms with E-state index in [1.807, 2.05) is 13.0 Å². The minimum atomic E-state index is -3.93. The molecule has 0 saturated heterocycles. The third-order valence-corrected chi connectivity index (χ3v) is 5.85. The van der Waals surface area contributed by atoms with Crippen LogP contribution in [0.3, 0.4) is 0 Å². The van der Waals surface area contributed by atoms with Crippen LogP contribution in [0.15, 0.2) is 71.6 Å². The number of anilines is 2. The van der Waals surface area contributed by atoms with Gasteiger partial charge in [0.1, 0.15) is 0 Å². The maximum atomic E-state index is 12.9. The van der Waals surface area contributed by atoms with E-state index in [-0.39, 0.29) is 21.8 Å². The van der Waals surface area contributed by atoms with Gasteiger partial charge in [0.25, 0.3) is 21.6 Å². The molecule has 30 heavy (non-hydrogen) atoms.